The van der Waals surface area contributed by atoms with Crippen LogP contribution in [0.2, 0.25) is 0 Å². The molecular formula is C17H32N2O. The molecule has 0 radical (unpaired) electrons. The first-order valence-corrected chi connectivity index (χ1v) is 7.56. The van der Waals surface area contributed by atoms with E-state index in [1.165, 1.54) is 7.05 Å². The van der Waals surface area contributed by atoms with Gasteiger partial charge in [0, 0.05) is 12.8 Å². The van der Waals surface area contributed by atoms with Crippen LogP contribution in [0.25, 0.3) is 0 Å². The maximum atomic E-state index is 11.0. The second-order valence-corrected chi connectivity index (χ2v) is 4.18. The number of benzene rings is 1. The lowest BCUT2D eigenvalue weighted by Gasteiger charge is -2.16. The molecule has 0 spiro atoms. The number of ketones is 1. The molecule has 0 aliphatic heterocycles. The summed E-state index contributed by atoms with van der Waals surface area (Å²) in [5.74, 6) is 0.391. The summed E-state index contributed by atoms with van der Waals surface area (Å²) >= 11 is 0. The van der Waals surface area contributed by atoms with Gasteiger partial charge in [0.05, 0.1) is 0 Å². The van der Waals surface area contributed by atoms with Gasteiger partial charge in [-0.3, -0.25) is 4.79 Å². The topological polar surface area (TPSA) is 46.3 Å². The molecule has 0 saturated heterocycles. The van der Waals surface area contributed by atoms with Crippen LogP contribution in [-0.2, 0) is 4.79 Å². The third-order valence-corrected chi connectivity index (χ3v) is 2.89. The van der Waals surface area contributed by atoms with Crippen LogP contribution in [0.4, 0.5) is 0 Å². The molecule has 0 unspecified atom stereocenters. The van der Waals surface area contributed by atoms with Gasteiger partial charge in [0.2, 0.25) is 0 Å². The van der Waals surface area contributed by atoms with Gasteiger partial charge < -0.3 is 10.6 Å². The second kappa shape index (κ2) is 17.8. The molecule has 1 aromatic rings. The van der Waals surface area contributed by atoms with Gasteiger partial charge in [-0.05, 0) is 33.1 Å². The molecule has 0 atom stereocenters. The van der Waals surface area contributed by atoms with Crippen molar-refractivity contribution in [1.29, 1.82) is 0 Å². The number of Topliss-reactive ketones (excluding diaryl/α,β-unsaturated/α-hetero) is 1. The van der Waals surface area contributed by atoms with E-state index in [1.807, 2.05) is 43.3 Å². The standard InChI is InChI=1S/C10H21NO.C6H6.CH5N/c1-4-10(12)8-7-9-11(5-2)6-3;1-2-4-6-5-3-1;1-2/h4-9H2,1-3H3;1-6H;2H2,1H3. The normalized spacial score (nSPS) is 9.10. The number of rotatable bonds is 7. The van der Waals surface area contributed by atoms with Crippen LogP contribution in [0, 0.1) is 0 Å². The highest BCUT2D eigenvalue weighted by Gasteiger charge is 2.01. The number of carbonyl (C=O) groups is 1. The Kier molecular flexibility index (Phi) is 18.8. The quantitative estimate of drug-likeness (QED) is 0.833. The van der Waals surface area contributed by atoms with Gasteiger partial charge in [0.25, 0.3) is 0 Å². The minimum Gasteiger partial charge on any atom is -0.333 e. The van der Waals surface area contributed by atoms with E-state index in [9.17, 15) is 4.79 Å². The molecule has 1 rings (SSSR count). The summed E-state index contributed by atoms with van der Waals surface area (Å²) in [6, 6.07) is 12.0. The minimum absolute atomic E-state index is 0.391. The zero-order chi connectivity index (χ0) is 15.6. The Morgan fingerprint density at radius 1 is 0.900 bits per heavy atom. The van der Waals surface area contributed by atoms with Crippen LogP contribution in [0.5, 0.6) is 0 Å². The number of hydrogen-bond donors (Lipinski definition) is 1. The van der Waals surface area contributed by atoms with Crippen molar-refractivity contribution >= 4 is 5.78 Å². The van der Waals surface area contributed by atoms with E-state index in [2.05, 4.69) is 24.5 Å². The Balaban J connectivity index is 0. The molecule has 2 N–H and O–H groups in total. The Labute approximate surface area is 125 Å². The number of carbonyl (C=O) groups excluding carboxylic acids is 1. The molecule has 0 aromatic heterocycles. The lowest BCUT2D eigenvalue weighted by molar-refractivity contribution is -0.118. The molecule has 0 aliphatic rings. The van der Waals surface area contributed by atoms with Crippen molar-refractivity contribution in [3.05, 3.63) is 36.4 Å². The third-order valence-electron chi connectivity index (χ3n) is 2.89. The Hall–Kier alpha value is -1.19. The van der Waals surface area contributed by atoms with E-state index in [-0.39, 0.29) is 0 Å². The van der Waals surface area contributed by atoms with Crippen molar-refractivity contribution in [2.24, 2.45) is 5.73 Å². The van der Waals surface area contributed by atoms with Gasteiger partial charge >= 0.3 is 0 Å². The summed E-state index contributed by atoms with van der Waals surface area (Å²) in [6.07, 6.45) is 2.47. The molecular weight excluding hydrogens is 248 g/mol. The van der Waals surface area contributed by atoms with Crippen LogP contribution in [-0.4, -0.2) is 37.4 Å². The van der Waals surface area contributed by atoms with Crippen molar-refractivity contribution in [3.63, 3.8) is 0 Å². The third kappa shape index (κ3) is 14.9. The Morgan fingerprint density at radius 3 is 1.60 bits per heavy atom. The predicted molar refractivity (Wildman–Crippen MR) is 88.9 cm³/mol. The summed E-state index contributed by atoms with van der Waals surface area (Å²) in [4.78, 5) is 13.3. The summed E-state index contributed by atoms with van der Waals surface area (Å²) in [6.45, 7) is 9.50. The predicted octanol–water partition coefficient (Wildman–Crippen LogP) is 3.35. The lowest BCUT2D eigenvalue weighted by atomic mass is 10.2. The van der Waals surface area contributed by atoms with Crippen molar-refractivity contribution in [3.8, 4) is 0 Å². The fourth-order valence-electron chi connectivity index (χ4n) is 1.60. The van der Waals surface area contributed by atoms with E-state index >= 15 is 0 Å². The first-order chi connectivity index (χ1) is 9.74. The van der Waals surface area contributed by atoms with Gasteiger partial charge in [-0.2, -0.15) is 0 Å². The van der Waals surface area contributed by atoms with E-state index in [0.29, 0.717) is 12.2 Å². The van der Waals surface area contributed by atoms with Gasteiger partial charge in [-0.25, -0.2) is 0 Å². The molecule has 116 valence electrons. The maximum Gasteiger partial charge on any atom is 0.132 e. The highest BCUT2D eigenvalue weighted by molar-refractivity contribution is 5.77. The van der Waals surface area contributed by atoms with Gasteiger partial charge in [0.15, 0.2) is 0 Å². The van der Waals surface area contributed by atoms with Gasteiger partial charge in [-0.15, -0.1) is 0 Å². The molecule has 3 nitrogen and oxygen atoms in total. The molecule has 0 heterocycles. The lowest BCUT2D eigenvalue weighted by Crippen LogP contribution is -2.24. The molecule has 0 aliphatic carbocycles. The van der Waals surface area contributed by atoms with Crippen molar-refractivity contribution < 1.29 is 4.79 Å². The highest BCUT2D eigenvalue weighted by Crippen LogP contribution is 1.97. The van der Waals surface area contributed by atoms with Crippen LogP contribution in [0.3, 0.4) is 0 Å². The molecule has 0 amide bonds. The smallest absolute Gasteiger partial charge is 0.132 e. The molecule has 0 fully saturated rings. The average molecular weight is 280 g/mol. The average Bonchev–Trinajstić information content (AvgIpc) is 2.55. The summed E-state index contributed by atoms with van der Waals surface area (Å²) < 4.78 is 0. The van der Waals surface area contributed by atoms with Crippen LogP contribution < -0.4 is 5.73 Å². The molecule has 3 heteroatoms. The molecule has 0 bridgehead atoms. The molecule has 0 saturated carbocycles. The van der Waals surface area contributed by atoms with Crippen LogP contribution >= 0.6 is 0 Å². The van der Waals surface area contributed by atoms with Crippen molar-refractivity contribution in [1.82, 2.24) is 4.90 Å². The number of nitrogens with two attached hydrogens (primary N) is 1. The van der Waals surface area contributed by atoms with E-state index in [0.717, 1.165) is 32.5 Å². The SMILES string of the molecule is CCC(=O)CCCN(CC)CC.CN.c1ccccc1. The van der Waals surface area contributed by atoms with Crippen LogP contribution in [0.1, 0.15) is 40.0 Å². The Morgan fingerprint density at radius 2 is 1.30 bits per heavy atom. The van der Waals surface area contributed by atoms with Gasteiger partial charge in [-0.1, -0.05) is 57.2 Å². The van der Waals surface area contributed by atoms with Crippen molar-refractivity contribution in [2.75, 3.05) is 26.7 Å². The maximum absolute atomic E-state index is 11.0. The van der Waals surface area contributed by atoms with E-state index < -0.39 is 0 Å². The molecule has 20 heavy (non-hydrogen) atoms. The monoisotopic (exact) mass is 280 g/mol. The highest BCUT2D eigenvalue weighted by atomic mass is 16.1. The van der Waals surface area contributed by atoms with E-state index in [4.69, 9.17) is 0 Å². The fourth-order valence-corrected chi connectivity index (χ4v) is 1.60. The number of nitrogens with zero attached hydrogens (tertiary/aromatic N) is 1. The first kappa shape index (κ1) is 21.1. The fraction of sp³-hybridized carbons (Fsp3) is 0.588. The zero-order valence-electron chi connectivity index (χ0n) is 13.6. The summed E-state index contributed by atoms with van der Waals surface area (Å²) in [7, 11) is 1.50. The van der Waals surface area contributed by atoms with Crippen molar-refractivity contribution in [2.45, 2.75) is 40.0 Å². The second-order valence-electron chi connectivity index (χ2n) is 4.18. The van der Waals surface area contributed by atoms with Gasteiger partial charge in [0.1, 0.15) is 5.78 Å². The summed E-state index contributed by atoms with van der Waals surface area (Å²) in [5, 5.41) is 0. The number of hydrogen-bond acceptors (Lipinski definition) is 3. The Bertz CT molecular complexity index is 258. The summed E-state index contributed by atoms with van der Waals surface area (Å²) in [5.41, 5.74) is 4.50. The zero-order valence-corrected chi connectivity index (χ0v) is 13.6. The largest absolute Gasteiger partial charge is 0.333 e. The van der Waals surface area contributed by atoms with E-state index in [1.54, 1.807) is 0 Å². The minimum atomic E-state index is 0.391. The first-order valence-electron chi connectivity index (χ1n) is 7.56. The van der Waals surface area contributed by atoms with Crippen LogP contribution in [0.15, 0.2) is 36.4 Å². The molecule has 1 aromatic carbocycles.